The highest BCUT2D eigenvalue weighted by molar-refractivity contribution is 5.79. The molecule has 1 aromatic carbocycles. The minimum atomic E-state index is -0.266. The summed E-state index contributed by atoms with van der Waals surface area (Å²) < 4.78 is 13.7. The Balaban J connectivity index is 1.57. The van der Waals surface area contributed by atoms with Crippen LogP contribution in [0.25, 0.3) is 0 Å². The number of benzene rings is 1. The average Bonchev–Trinajstić information content (AvgIpc) is 3.29. The van der Waals surface area contributed by atoms with E-state index in [-0.39, 0.29) is 17.9 Å². The number of hydrogen-bond donors (Lipinski definition) is 0. The molecule has 2 heterocycles. The van der Waals surface area contributed by atoms with Crippen molar-refractivity contribution < 1.29 is 14.3 Å². The van der Waals surface area contributed by atoms with Crippen LogP contribution in [0.1, 0.15) is 30.8 Å². The molecule has 2 aromatic rings. The number of hydrogen-bond acceptors (Lipinski definition) is 4. The highest BCUT2D eigenvalue weighted by Crippen LogP contribution is 2.34. The monoisotopic (exact) mass is 357 g/mol. The second-order valence-electron chi connectivity index (χ2n) is 6.68. The summed E-state index contributed by atoms with van der Waals surface area (Å²) in [5, 5.41) is 0. The van der Waals surface area contributed by atoms with E-state index >= 15 is 0 Å². The Hall–Kier alpha value is -2.34. The summed E-state index contributed by atoms with van der Waals surface area (Å²) in [6.07, 6.45) is 4.15. The van der Waals surface area contributed by atoms with Gasteiger partial charge in [-0.25, -0.2) is 4.98 Å². The molecule has 140 valence electrons. The van der Waals surface area contributed by atoms with Gasteiger partial charge in [0.1, 0.15) is 24.3 Å². The summed E-state index contributed by atoms with van der Waals surface area (Å²) >= 11 is 0. The van der Waals surface area contributed by atoms with Crippen molar-refractivity contribution in [3.63, 3.8) is 0 Å². The van der Waals surface area contributed by atoms with Crippen LogP contribution in [0.5, 0.6) is 5.75 Å². The fraction of sp³-hybridized carbons (Fsp3) is 0.500. The number of imidazole rings is 1. The topological polar surface area (TPSA) is 56.6 Å². The lowest BCUT2D eigenvalue weighted by atomic mass is 9.99. The third-order valence-electron chi connectivity index (χ3n) is 4.81. The summed E-state index contributed by atoms with van der Waals surface area (Å²) in [5.41, 5.74) is 1.16. The Bertz CT molecular complexity index is 743. The molecule has 0 aliphatic carbocycles. The molecule has 0 unspecified atom stereocenters. The van der Waals surface area contributed by atoms with Gasteiger partial charge in [0.2, 0.25) is 5.91 Å². The Morgan fingerprint density at radius 2 is 2.31 bits per heavy atom. The van der Waals surface area contributed by atoms with E-state index in [1.165, 1.54) is 0 Å². The first kappa shape index (κ1) is 18.5. The zero-order chi connectivity index (χ0) is 18.5. The second-order valence-corrected chi connectivity index (χ2v) is 6.68. The molecular formula is C20H27N3O3. The van der Waals surface area contributed by atoms with E-state index in [2.05, 4.69) is 11.9 Å². The lowest BCUT2D eigenvalue weighted by molar-refractivity contribution is -0.136. The first-order valence-corrected chi connectivity index (χ1v) is 9.17. The molecule has 1 aliphatic rings. The molecule has 1 aromatic heterocycles. The predicted molar refractivity (Wildman–Crippen MR) is 99.0 cm³/mol. The van der Waals surface area contributed by atoms with E-state index in [1.54, 1.807) is 11.1 Å². The number of aryl methyl sites for hydroxylation is 2. The van der Waals surface area contributed by atoms with E-state index in [0.29, 0.717) is 19.8 Å². The summed E-state index contributed by atoms with van der Waals surface area (Å²) in [7, 11) is 1.82. The fourth-order valence-electron chi connectivity index (χ4n) is 3.34. The van der Waals surface area contributed by atoms with Gasteiger partial charge in [0, 0.05) is 32.6 Å². The van der Waals surface area contributed by atoms with Crippen molar-refractivity contribution in [1.29, 1.82) is 0 Å². The highest BCUT2D eigenvalue weighted by atomic mass is 16.5. The minimum absolute atomic E-state index is 0.0889. The lowest BCUT2D eigenvalue weighted by Gasteiger charge is -2.24. The molecule has 1 fully saturated rings. The molecule has 2 atom stereocenters. The number of likely N-dealkylation sites (N-methyl/N-ethyl adjacent to an activating group) is 1. The number of carbonyl (C=O) groups is 1. The number of amides is 1. The summed E-state index contributed by atoms with van der Waals surface area (Å²) in [5.74, 6) is 1.57. The average molecular weight is 357 g/mol. The number of ether oxygens (including phenoxy) is 2. The van der Waals surface area contributed by atoms with Gasteiger partial charge >= 0.3 is 0 Å². The first-order valence-electron chi connectivity index (χ1n) is 9.17. The lowest BCUT2D eigenvalue weighted by Crippen LogP contribution is -2.37. The first-order chi connectivity index (χ1) is 12.6. The van der Waals surface area contributed by atoms with Crippen LogP contribution in [-0.2, 0) is 16.1 Å². The van der Waals surface area contributed by atoms with E-state index in [1.807, 2.05) is 49.0 Å². The number of carbonyl (C=O) groups excluding carboxylic acids is 1. The Morgan fingerprint density at radius 1 is 1.46 bits per heavy atom. The second kappa shape index (κ2) is 8.36. The maximum atomic E-state index is 12.9. The molecule has 0 bridgehead atoms. The minimum Gasteiger partial charge on any atom is -0.492 e. The van der Waals surface area contributed by atoms with E-state index in [9.17, 15) is 4.79 Å². The van der Waals surface area contributed by atoms with Crippen LogP contribution in [0.15, 0.2) is 36.7 Å². The molecule has 1 aliphatic heterocycles. The molecule has 6 nitrogen and oxygen atoms in total. The number of nitrogens with zero attached hydrogens (tertiary/aromatic N) is 3. The van der Waals surface area contributed by atoms with Crippen LogP contribution in [0, 0.1) is 12.8 Å². The summed E-state index contributed by atoms with van der Waals surface area (Å²) in [6.45, 7) is 6.50. The normalized spacial score (nSPS) is 19.5. The van der Waals surface area contributed by atoms with Crippen LogP contribution in [0.2, 0.25) is 0 Å². The fourth-order valence-corrected chi connectivity index (χ4v) is 3.34. The van der Waals surface area contributed by atoms with Crippen LogP contribution in [0.4, 0.5) is 0 Å². The van der Waals surface area contributed by atoms with Gasteiger partial charge in [0.15, 0.2) is 0 Å². The van der Waals surface area contributed by atoms with Gasteiger partial charge in [-0.1, -0.05) is 12.1 Å². The Morgan fingerprint density at radius 3 is 3.08 bits per heavy atom. The van der Waals surface area contributed by atoms with Crippen molar-refractivity contribution >= 4 is 5.91 Å². The molecule has 0 saturated carbocycles. The van der Waals surface area contributed by atoms with Crippen LogP contribution in [0.3, 0.4) is 0 Å². The van der Waals surface area contributed by atoms with Gasteiger partial charge in [-0.05, 0) is 38.0 Å². The number of aromatic nitrogens is 2. The van der Waals surface area contributed by atoms with Gasteiger partial charge in [0.05, 0.1) is 12.5 Å². The zero-order valence-corrected chi connectivity index (χ0v) is 15.7. The van der Waals surface area contributed by atoms with Crippen LogP contribution in [-0.4, -0.2) is 47.2 Å². The molecule has 3 rings (SSSR count). The molecule has 1 amide bonds. The van der Waals surface area contributed by atoms with Gasteiger partial charge in [-0.15, -0.1) is 0 Å². The van der Waals surface area contributed by atoms with Crippen LogP contribution < -0.4 is 4.74 Å². The van der Waals surface area contributed by atoms with Crippen molar-refractivity contribution in [2.45, 2.75) is 32.9 Å². The van der Waals surface area contributed by atoms with Crippen molar-refractivity contribution in [3.05, 3.63) is 48.0 Å². The maximum Gasteiger partial charge on any atom is 0.228 e. The summed E-state index contributed by atoms with van der Waals surface area (Å²) in [4.78, 5) is 19.1. The van der Waals surface area contributed by atoms with Gasteiger partial charge in [-0.3, -0.25) is 4.79 Å². The zero-order valence-electron chi connectivity index (χ0n) is 15.7. The molecule has 6 heteroatoms. The Kier molecular flexibility index (Phi) is 5.93. The third kappa shape index (κ3) is 4.07. The SMILES string of the molecule is CCn1ccnc1[C@@H]1OCC[C@H]1C(=O)N(C)CCOc1cccc(C)c1. The summed E-state index contributed by atoms with van der Waals surface area (Å²) in [6, 6.07) is 7.92. The largest absolute Gasteiger partial charge is 0.492 e. The molecule has 0 N–H and O–H groups in total. The molecule has 0 spiro atoms. The highest BCUT2D eigenvalue weighted by Gasteiger charge is 2.38. The molecule has 26 heavy (non-hydrogen) atoms. The van der Waals surface area contributed by atoms with E-state index in [4.69, 9.17) is 9.47 Å². The smallest absolute Gasteiger partial charge is 0.228 e. The van der Waals surface area contributed by atoms with Gasteiger partial charge in [0.25, 0.3) is 0 Å². The van der Waals surface area contributed by atoms with Crippen molar-refractivity contribution in [3.8, 4) is 5.75 Å². The van der Waals surface area contributed by atoms with E-state index in [0.717, 1.165) is 30.1 Å². The quantitative estimate of drug-likeness (QED) is 0.765. The molecule has 0 radical (unpaired) electrons. The standard InChI is InChI=1S/C20H27N3O3/c1-4-23-10-9-21-19(23)18-17(8-12-26-18)20(24)22(3)11-13-25-16-7-5-6-15(2)14-16/h5-7,9-10,14,17-18H,4,8,11-13H2,1-3H3/t17-,18-/m1/s1. The van der Waals surface area contributed by atoms with Crippen molar-refractivity contribution in [2.75, 3.05) is 26.8 Å². The number of rotatable bonds is 7. The third-order valence-corrected chi connectivity index (χ3v) is 4.81. The van der Waals surface area contributed by atoms with Crippen LogP contribution >= 0.6 is 0 Å². The van der Waals surface area contributed by atoms with Gasteiger partial charge in [-0.2, -0.15) is 0 Å². The van der Waals surface area contributed by atoms with Crippen molar-refractivity contribution in [1.82, 2.24) is 14.5 Å². The van der Waals surface area contributed by atoms with Gasteiger partial charge < -0.3 is 18.9 Å². The predicted octanol–water partition coefficient (Wildman–Crippen LogP) is 2.83. The Labute approximate surface area is 154 Å². The molecule has 1 saturated heterocycles. The molecular weight excluding hydrogens is 330 g/mol. The van der Waals surface area contributed by atoms with Crippen molar-refractivity contribution in [2.24, 2.45) is 5.92 Å². The maximum absolute atomic E-state index is 12.9. The van der Waals surface area contributed by atoms with E-state index < -0.39 is 0 Å².